The molecule has 0 spiro atoms. The molecule has 0 radical (unpaired) electrons. The van der Waals surface area contributed by atoms with E-state index in [0.29, 0.717) is 22.5 Å². The van der Waals surface area contributed by atoms with Gasteiger partial charge in [0, 0.05) is 29.0 Å². The van der Waals surface area contributed by atoms with E-state index in [1.807, 2.05) is 13.0 Å². The Morgan fingerprint density at radius 1 is 1.05 bits per heavy atom. The molecule has 0 aliphatic heterocycles. The number of sulfone groups is 1. The largest absolute Gasteiger partial charge is 0.481 e. The molecule has 1 aliphatic rings. The number of Topliss-reactive ketones (excluding diaryl/α,β-unsaturated/α-hetero) is 1. The first-order valence-electron chi connectivity index (χ1n) is 12.3. The SMILES string of the molecule is Cc1ccc(NC(=O)Nc2ncc(CS(=O)(=O)c3ccc(CCC(=O)O)cc3)s2)c(C(=O)C2CCCC2)c1. The zero-order valence-corrected chi connectivity index (χ0v) is 22.5. The van der Waals surface area contributed by atoms with Crippen LogP contribution in [-0.2, 0) is 26.8 Å². The Labute approximate surface area is 225 Å². The minimum absolute atomic E-state index is 0.0233. The molecule has 2 amide bonds. The number of hydrogen-bond donors (Lipinski definition) is 3. The van der Waals surface area contributed by atoms with Crippen LogP contribution in [0, 0.1) is 12.8 Å². The summed E-state index contributed by atoms with van der Waals surface area (Å²) >= 11 is 1.05. The van der Waals surface area contributed by atoms with E-state index in [-0.39, 0.29) is 33.9 Å². The van der Waals surface area contributed by atoms with Gasteiger partial charge in [0.15, 0.2) is 20.8 Å². The van der Waals surface area contributed by atoms with E-state index in [1.54, 1.807) is 24.3 Å². The molecule has 0 bridgehead atoms. The number of aromatic nitrogens is 1. The Balaban J connectivity index is 1.38. The van der Waals surface area contributed by atoms with Gasteiger partial charge in [0.2, 0.25) is 0 Å². The Morgan fingerprint density at radius 2 is 1.76 bits per heavy atom. The van der Waals surface area contributed by atoms with Crippen LogP contribution < -0.4 is 10.6 Å². The van der Waals surface area contributed by atoms with Gasteiger partial charge in [-0.3, -0.25) is 14.9 Å². The number of carboxylic acids is 1. The van der Waals surface area contributed by atoms with Crippen LogP contribution in [-0.4, -0.2) is 36.3 Å². The topological polar surface area (TPSA) is 143 Å². The highest BCUT2D eigenvalue weighted by Crippen LogP contribution is 2.31. The predicted molar refractivity (Wildman–Crippen MR) is 146 cm³/mol. The van der Waals surface area contributed by atoms with E-state index in [0.717, 1.165) is 48.1 Å². The quantitative estimate of drug-likeness (QED) is 0.282. The van der Waals surface area contributed by atoms with Crippen molar-refractivity contribution in [3.05, 3.63) is 70.2 Å². The molecule has 1 heterocycles. The third-order valence-corrected chi connectivity index (χ3v) is 9.21. The molecule has 200 valence electrons. The van der Waals surface area contributed by atoms with Crippen molar-refractivity contribution in [3.63, 3.8) is 0 Å². The maximum atomic E-state index is 13.0. The summed E-state index contributed by atoms with van der Waals surface area (Å²) in [6.45, 7) is 1.90. The second-order valence-corrected chi connectivity index (χ2v) is 12.5. The maximum Gasteiger partial charge on any atom is 0.325 e. The second kappa shape index (κ2) is 11.9. The molecule has 4 rings (SSSR count). The lowest BCUT2D eigenvalue weighted by Gasteiger charge is -2.14. The third-order valence-electron chi connectivity index (χ3n) is 6.43. The number of hydrogen-bond acceptors (Lipinski definition) is 7. The van der Waals surface area contributed by atoms with Gasteiger partial charge in [0.1, 0.15) is 0 Å². The van der Waals surface area contributed by atoms with Crippen LogP contribution in [0.15, 0.2) is 53.6 Å². The lowest BCUT2D eigenvalue weighted by molar-refractivity contribution is -0.136. The number of benzene rings is 2. The fourth-order valence-electron chi connectivity index (χ4n) is 4.45. The Bertz CT molecular complexity index is 1440. The number of thiazole rings is 1. The molecular weight excluding hydrogens is 526 g/mol. The van der Waals surface area contributed by atoms with Crippen molar-refractivity contribution in [2.75, 3.05) is 10.6 Å². The maximum absolute atomic E-state index is 13.0. The zero-order valence-electron chi connectivity index (χ0n) is 20.9. The average Bonchev–Trinajstić information content (AvgIpc) is 3.56. The number of aryl methyl sites for hydroxylation is 2. The van der Waals surface area contributed by atoms with E-state index in [1.165, 1.54) is 18.3 Å². The van der Waals surface area contributed by atoms with E-state index in [2.05, 4.69) is 15.6 Å². The van der Waals surface area contributed by atoms with Crippen molar-refractivity contribution in [1.29, 1.82) is 0 Å². The lowest BCUT2D eigenvalue weighted by Crippen LogP contribution is -2.22. The molecule has 3 N–H and O–H groups in total. The van der Waals surface area contributed by atoms with Gasteiger partial charge in [-0.15, -0.1) is 11.3 Å². The number of amides is 2. The number of rotatable bonds is 10. The number of urea groups is 1. The number of aliphatic carboxylic acids is 1. The monoisotopic (exact) mass is 555 g/mol. The minimum atomic E-state index is -3.66. The van der Waals surface area contributed by atoms with E-state index < -0.39 is 21.8 Å². The highest BCUT2D eigenvalue weighted by molar-refractivity contribution is 7.90. The normalized spacial score (nSPS) is 13.8. The second-order valence-electron chi connectivity index (χ2n) is 9.40. The van der Waals surface area contributed by atoms with Crippen molar-refractivity contribution >= 4 is 49.8 Å². The smallest absolute Gasteiger partial charge is 0.325 e. The molecule has 1 aliphatic carbocycles. The van der Waals surface area contributed by atoms with Gasteiger partial charge in [-0.2, -0.15) is 0 Å². The fourth-order valence-corrected chi connectivity index (χ4v) is 6.92. The molecule has 11 heteroatoms. The number of nitrogens with one attached hydrogen (secondary N) is 2. The first-order valence-corrected chi connectivity index (χ1v) is 14.8. The highest BCUT2D eigenvalue weighted by atomic mass is 32.2. The Kier molecular flexibility index (Phi) is 8.58. The molecule has 38 heavy (non-hydrogen) atoms. The summed E-state index contributed by atoms with van der Waals surface area (Å²) in [6, 6.07) is 10.9. The van der Waals surface area contributed by atoms with Gasteiger partial charge in [-0.1, -0.05) is 36.6 Å². The summed E-state index contributed by atoms with van der Waals surface area (Å²) in [4.78, 5) is 41.1. The van der Waals surface area contributed by atoms with Crippen LogP contribution in [0.2, 0.25) is 0 Å². The average molecular weight is 556 g/mol. The highest BCUT2D eigenvalue weighted by Gasteiger charge is 2.26. The van der Waals surface area contributed by atoms with Gasteiger partial charge in [0.25, 0.3) is 0 Å². The molecule has 1 saturated carbocycles. The van der Waals surface area contributed by atoms with Gasteiger partial charge in [0.05, 0.1) is 16.3 Å². The van der Waals surface area contributed by atoms with Crippen molar-refractivity contribution < 1.29 is 27.9 Å². The standard InChI is InChI=1S/C27H29N3O6S2/c1-17-6-12-23(22(14-17)25(33)19-4-2-3-5-19)29-26(34)30-27-28-15-20(37-27)16-38(35,36)21-10-7-18(8-11-21)9-13-24(31)32/h6-8,10-12,14-15,19H,2-5,9,13,16H2,1H3,(H,31,32)(H2,28,29,30,34). The minimum Gasteiger partial charge on any atom is -0.481 e. The zero-order chi connectivity index (χ0) is 27.3. The Morgan fingerprint density at radius 3 is 2.45 bits per heavy atom. The van der Waals surface area contributed by atoms with Crippen LogP contribution in [0.5, 0.6) is 0 Å². The molecule has 0 saturated heterocycles. The van der Waals surface area contributed by atoms with Crippen LogP contribution in [0.4, 0.5) is 15.6 Å². The van der Waals surface area contributed by atoms with Crippen LogP contribution >= 0.6 is 11.3 Å². The van der Waals surface area contributed by atoms with Crippen LogP contribution in [0.1, 0.15) is 58.5 Å². The summed E-state index contributed by atoms with van der Waals surface area (Å²) in [7, 11) is -3.66. The molecule has 1 aromatic heterocycles. The van der Waals surface area contributed by atoms with Gasteiger partial charge in [-0.05, 0) is 56.0 Å². The van der Waals surface area contributed by atoms with E-state index in [4.69, 9.17) is 5.11 Å². The first kappa shape index (κ1) is 27.5. The number of carboxylic acid groups (broad SMARTS) is 1. The number of nitrogens with zero attached hydrogens (tertiary/aromatic N) is 1. The van der Waals surface area contributed by atoms with Crippen molar-refractivity contribution in [1.82, 2.24) is 4.98 Å². The first-order chi connectivity index (χ1) is 18.1. The summed E-state index contributed by atoms with van der Waals surface area (Å²) in [5, 5.41) is 14.4. The molecule has 0 unspecified atom stereocenters. The molecule has 2 aromatic carbocycles. The number of carbonyl (C=O) groups is 3. The van der Waals surface area contributed by atoms with E-state index in [9.17, 15) is 22.8 Å². The summed E-state index contributed by atoms with van der Waals surface area (Å²) in [5.74, 6) is -1.19. The number of carbonyl (C=O) groups excluding carboxylic acids is 2. The molecular formula is C27H29N3O6S2. The van der Waals surface area contributed by atoms with Crippen LogP contribution in [0.3, 0.4) is 0 Å². The molecule has 3 aromatic rings. The van der Waals surface area contributed by atoms with Gasteiger partial charge < -0.3 is 10.4 Å². The summed E-state index contributed by atoms with van der Waals surface area (Å²) in [5.41, 5.74) is 2.59. The fraction of sp³-hybridized carbons (Fsp3) is 0.333. The Hall–Kier alpha value is -3.57. The van der Waals surface area contributed by atoms with Gasteiger partial charge in [-0.25, -0.2) is 18.2 Å². The molecule has 9 nitrogen and oxygen atoms in total. The van der Waals surface area contributed by atoms with Crippen molar-refractivity contribution in [2.24, 2.45) is 5.92 Å². The third kappa shape index (κ3) is 7.05. The lowest BCUT2D eigenvalue weighted by atomic mass is 9.94. The van der Waals surface area contributed by atoms with Gasteiger partial charge >= 0.3 is 12.0 Å². The summed E-state index contributed by atoms with van der Waals surface area (Å²) < 4.78 is 25.7. The van der Waals surface area contributed by atoms with Crippen molar-refractivity contribution in [3.8, 4) is 0 Å². The predicted octanol–water partition coefficient (Wildman–Crippen LogP) is 5.46. The van der Waals surface area contributed by atoms with E-state index >= 15 is 0 Å². The summed E-state index contributed by atoms with van der Waals surface area (Å²) in [6.07, 6.45) is 5.48. The van der Waals surface area contributed by atoms with Crippen molar-refractivity contribution in [2.45, 2.75) is 56.1 Å². The molecule has 0 atom stereocenters. The molecule has 1 fully saturated rings. The number of anilines is 2. The van der Waals surface area contributed by atoms with Crippen LogP contribution in [0.25, 0.3) is 0 Å². The number of ketones is 1.